The van der Waals surface area contributed by atoms with Crippen LogP contribution in [0.4, 0.5) is 5.69 Å². The lowest BCUT2D eigenvalue weighted by Gasteiger charge is -2.12. The maximum absolute atomic E-state index is 12.4. The van der Waals surface area contributed by atoms with E-state index in [0.717, 1.165) is 21.1 Å². The van der Waals surface area contributed by atoms with Crippen LogP contribution in [0.2, 0.25) is 0 Å². The Kier molecular flexibility index (Phi) is 4.36. The highest BCUT2D eigenvalue weighted by atomic mass is 32.1. The van der Waals surface area contributed by atoms with Crippen molar-refractivity contribution in [1.82, 2.24) is 4.98 Å². The molecule has 2 heterocycles. The van der Waals surface area contributed by atoms with Crippen molar-refractivity contribution < 1.29 is 4.79 Å². The number of thiazole rings is 1. The van der Waals surface area contributed by atoms with Crippen molar-refractivity contribution in [3.63, 3.8) is 0 Å². The summed E-state index contributed by atoms with van der Waals surface area (Å²) in [6.45, 7) is 4.24. The second-order valence-electron chi connectivity index (χ2n) is 5.20. The van der Waals surface area contributed by atoms with Gasteiger partial charge in [0.05, 0.1) is 11.1 Å². The third-order valence-electron chi connectivity index (χ3n) is 3.29. The van der Waals surface area contributed by atoms with Gasteiger partial charge >= 0.3 is 0 Å². The van der Waals surface area contributed by atoms with E-state index in [9.17, 15) is 4.79 Å². The summed E-state index contributed by atoms with van der Waals surface area (Å²) in [5.74, 6) is 0.257. The van der Waals surface area contributed by atoms with Crippen molar-refractivity contribution in [2.75, 3.05) is 5.32 Å². The molecule has 0 bridgehead atoms. The summed E-state index contributed by atoms with van der Waals surface area (Å²) in [5, 5.41) is 5.90. The first-order chi connectivity index (χ1) is 10.6. The van der Waals surface area contributed by atoms with E-state index >= 15 is 0 Å². The molecule has 0 atom stereocenters. The first kappa shape index (κ1) is 14.9. The van der Waals surface area contributed by atoms with Crippen molar-refractivity contribution in [2.24, 2.45) is 0 Å². The van der Waals surface area contributed by atoms with E-state index in [1.807, 2.05) is 41.8 Å². The summed E-state index contributed by atoms with van der Waals surface area (Å²) in [6.07, 6.45) is 1.65. The third kappa shape index (κ3) is 3.10. The first-order valence-corrected chi connectivity index (χ1v) is 8.74. The highest BCUT2D eigenvalue weighted by Crippen LogP contribution is 2.30. The molecule has 1 N–H and O–H groups in total. The number of nitrogens with one attached hydrogen (secondary N) is 1. The molecule has 0 spiro atoms. The number of anilines is 1. The number of carbonyl (C=O) groups is 1. The summed E-state index contributed by atoms with van der Waals surface area (Å²) in [6, 6.07) is 11.9. The van der Waals surface area contributed by atoms with Crippen LogP contribution in [0.25, 0.3) is 9.88 Å². The Morgan fingerprint density at radius 3 is 2.73 bits per heavy atom. The van der Waals surface area contributed by atoms with Gasteiger partial charge < -0.3 is 5.32 Å². The van der Waals surface area contributed by atoms with Crippen LogP contribution in [0.5, 0.6) is 0 Å². The lowest BCUT2D eigenvalue weighted by atomic mass is 10.0. The Morgan fingerprint density at radius 1 is 1.18 bits per heavy atom. The molecule has 0 aliphatic rings. The maximum Gasteiger partial charge on any atom is 0.267 e. The van der Waals surface area contributed by atoms with E-state index < -0.39 is 0 Å². The number of hydrogen-bond donors (Lipinski definition) is 1. The summed E-state index contributed by atoms with van der Waals surface area (Å²) in [4.78, 5) is 18.5. The monoisotopic (exact) mass is 328 g/mol. The van der Waals surface area contributed by atoms with Crippen LogP contribution in [0.15, 0.2) is 48.0 Å². The zero-order valence-electron chi connectivity index (χ0n) is 12.4. The van der Waals surface area contributed by atoms with Gasteiger partial charge in [0.25, 0.3) is 5.91 Å². The predicted octanol–water partition coefficient (Wildman–Crippen LogP) is 5.25. The topological polar surface area (TPSA) is 42.0 Å². The molecule has 0 unspecified atom stereocenters. The average Bonchev–Trinajstić information content (AvgIpc) is 3.18. The smallest absolute Gasteiger partial charge is 0.267 e. The number of nitrogens with zero attached hydrogens (tertiary/aromatic N) is 1. The molecule has 0 radical (unpaired) electrons. The minimum absolute atomic E-state index is 0.103. The van der Waals surface area contributed by atoms with Crippen LogP contribution in [-0.4, -0.2) is 10.9 Å². The average molecular weight is 328 g/mol. The molecule has 3 nitrogen and oxygen atoms in total. The zero-order chi connectivity index (χ0) is 15.5. The van der Waals surface area contributed by atoms with E-state index in [0.29, 0.717) is 10.8 Å². The van der Waals surface area contributed by atoms with E-state index in [-0.39, 0.29) is 5.91 Å². The molecule has 3 rings (SSSR count). The Balaban J connectivity index is 1.81. The van der Waals surface area contributed by atoms with Gasteiger partial charge in [0, 0.05) is 5.69 Å². The normalized spacial score (nSPS) is 10.9. The van der Waals surface area contributed by atoms with Gasteiger partial charge in [-0.25, -0.2) is 4.98 Å². The molecule has 0 saturated heterocycles. The van der Waals surface area contributed by atoms with E-state index in [1.54, 1.807) is 17.5 Å². The highest BCUT2D eigenvalue weighted by Gasteiger charge is 2.14. The summed E-state index contributed by atoms with van der Waals surface area (Å²) in [7, 11) is 0. The zero-order valence-corrected chi connectivity index (χ0v) is 14.0. The molecule has 5 heteroatoms. The number of aromatic nitrogens is 1. The Bertz CT molecular complexity index is 776. The van der Waals surface area contributed by atoms with Gasteiger partial charge in [0.2, 0.25) is 0 Å². The second kappa shape index (κ2) is 6.42. The van der Waals surface area contributed by atoms with Gasteiger partial charge in [-0.15, -0.1) is 22.7 Å². The van der Waals surface area contributed by atoms with Crippen LogP contribution < -0.4 is 5.32 Å². The molecule has 1 amide bonds. The molecule has 0 aliphatic carbocycles. The standard InChI is InChI=1S/C17H16N2OS2/c1-11(2)12-6-3-4-7-13(12)19-16(20)15-10-18-17(22-15)14-8-5-9-21-14/h3-11H,1-2H3,(H,19,20). The van der Waals surface area contributed by atoms with Crippen LogP contribution in [0.3, 0.4) is 0 Å². The van der Waals surface area contributed by atoms with Crippen molar-refractivity contribution in [3.05, 3.63) is 58.4 Å². The molecule has 112 valence electrons. The van der Waals surface area contributed by atoms with Crippen molar-refractivity contribution in [3.8, 4) is 9.88 Å². The third-order valence-corrected chi connectivity index (χ3v) is 5.33. The summed E-state index contributed by atoms with van der Waals surface area (Å²) >= 11 is 3.05. The molecular formula is C17H16N2OS2. The fourth-order valence-corrected chi connectivity index (χ4v) is 3.81. The number of rotatable bonds is 4. The lowest BCUT2D eigenvalue weighted by molar-refractivity contribution is 0.103. The quantitative estimate of drug-likeness (QED) is 0.711. The molecule has 0 fully saturated rings. The second-order valence-corrected chi connectivity index (χ2v) is 7.18. The molecule has 3 aromatic rings. The number of amides is 1. The predicted molar refractivity (Wildman–Crippen MR) is 93.9 cm³/mol. The van der Waals surface area contributed by atoms with Gasteiger partial charge in [0.15, 0.2) is 0 Å². The van der Waals surface area contributed by atoms with E-state index in [1.165, 1.54) is 11.3 Å². The molecular weight excluding hydrogens is 312 g/mol. The molecule has 2 aromatic heterocycles. The SMILES string of the molecule is CC(C)c1ccccc1NC(=O)c1cnc(-c2cccs2)s1. The minimum atomic E-state index is -0.103. The maximum atomic E-state index is 12.4. The molecule has 0 saturated carbocycles. The highest BCUT2D eigenvalue weighted by molar-refractivity contribution is 7.22. The summed E-state index contributed by atoms with van der Waals surface area (Å²) in [5.41, 5.74) is 2.01. The Labute approximate surface area is 137 Å². The summed E-state index contributed by atoms with van der Waals surface area (Å²) < 4.78 is 0. The van der Waals surface area contributed by atoms with Gasteiger partial charge in [0.1, 0.15) is 9.88 Å². The van der Waals surface area contributed by atoms with Gasteiger partial charge in [-0.3, -0.25) is 4.79 Å². The van der Waals surface area contributed by atoms with Crippen LogP contribution in [0, 0.1) is 0 Å². The fraction of sp³-hybridized carbons (Fsp3) is 0.176. The van der Waals surface area contributed by atoms with E-state index in [2.05, 4.69) is 24.1 Å². The lowest BCUT2D eigenvalue weighted by Crippen LogP contribution is -2.12. The minimum Gasteiger partial charge on any atom is -0.321 e. The molecule has 22 heavy (non-hydrogen) atoms. The van der Waals surface area contributed by atoms with Gasteiger partial charge in [-0.1, -0.05) is 38.1 Å². The largest absolute Gasteiger partial charge is 0.321 e. The molecule has 1 aromatic carbocycles. The van der Waals surface area contributed by atoms with Crippen molar-refractivity contribution in [1.29, 1.82) is 0 Å². The number of carbonyl (C=O) groups excluding carboxylic acids is 1. The number of para-hydroxylation sites is 1. The van der Waals surface area contributed by atoms with Crippen LogP contribution >= 0.6 is 22.7 Å². The number of thiophene rings is 1. The van der Waals surface area contributed by atoms with Gasteiger partial charge in [-0.05, 0) is 29.0 Å². The first-order valence-electron chi connectivity index (χ1n) is 7.05. The number of hydrogen-bond acceptors (Lipinski definition) is 4. The van der Waals surface area contributed by atoms with Crippen LogP contribution in [0.1, 0.15) is 35.0 Å². The fourth-order valence-electron chi connectivity index (χ4n) is 2.19. The Morgan fingerprint density at radius 2 is 2.00 bits per heavy atom. The van der Waals surface area contributed by atoms with Crippen LogP contribution in [-0.2, 0) is 0 Å². The van der Waals surface area contributed by atoms with Crippen molar-refractivity contribution in [2.45, 2.75) is 19.8 Å². The number of benzene rings is 1. The van der Waals surface area contributed by atoms with Crippen molar-refractivity contribution >= 4 is 34.3 Å². The van der Waals surface area contributed by atoms with E-state index in [4.69, 9.17) is 0 Å². The van der Waals surface area contributed by atoms with Gasteiger partial charge in [-0.2, -0.15) is 0 Å². The Hall–Kier alpha value is -1.98. The molecule has 0 aliphatic heterocycles.